The van der Waals surface area contributed by atoms with E-state index < -0.39 is 0 Å². The molecule has 1 rings (SSSR count). The molecule has 0 fully saturated rings. The van der Waals surface area contributed by atoms with Crippen LogP contribution in [0.3, 0.4) is 0 Å². The van der Waals surface area contributed by atoms with Crippen LogP contribution < -0.4 is 11.1 Å². The number of nitrogens with zero attached hydrogens (tertiary/aromatic N) is 1. The summed E-state index contributed by atoms with van der Waals surface area (Å²) in [5.74, 6) is 0.836. The molecule has 2 unspecified atom stereocenters. The Morgan fingerprint density at radius 1 is 1.50 bits per heavy atom. The number of nitrogens with one attached hydrogen (secondary N) is 1. The van der Waals surface area contributed by atoms with Gasteiger partial charge in [0.1, 0.15) is 5.82 Å². The summed E-state index contributed by atoms with van der Waals surface area (Å²) < 4.78 is 0. The van der Waals surface area contributed by atoms with Crippen LogP contribution in [-0.2, 0) is 0 Å². The summed E-state index contributed by atoms with van der Waals surface area (Å²) in [6.07, 6.45) is 2.55. The van der Waals surface area contributed by atoms with Gasteiger partial charge in [0, 0.05) is 18.3 Å². The molecule has 4 heteroatoms. The molecule has 0 saturated heterocycles. The molecule has 1 aromatic rings. The maximum Gasteiger partial charge on any atom is 0.126 e. The first kappa shape index (κ1) is 11.3. The molecular weight excluding hydrogens is 198 g/mol. The van der Waals surface area contributed by atoms with Crippen LogP contribution in [-0.4, -0.2) is 17.1 Å². The quantitative estimate of drug-likeness (QED) is 0.807. The van der Waals surface area contributed by atoms with Gasteiger partial charge in [0.25, 0.3) is 0 Å². The van der Waals surface area contributed by atoms with E-state index in [1.807, 2.05) is 19.1 Å². The SMILES string of the molecule is CC(N)CC(C)Nc1ccc(Cl)cn1. The van der Waals surface area contributed by atoms with Crippen molar-refractivity contribution in [2.75, 3.05) is 5.32 Å². The molecule has 78 valence electrons. The highest BCUT2D eigenvalue weighted by molar-refractivity contribution is 6.30. The van der Waals surface area contributed by atoms with Gasteiger partial charge in [0.15, 0.2) is 0 Å². The van der Waals surface area contributed by atoms with Gasteiger partial charge in [-0.1, -0.05) is 11.6 Å². The summed E-state index contributed by atoms with van der Waals surface area (Å²) in [5.41, 5.74) is 5.69. The number of aromatic nitrogens is 1. The molecule has 1 aromatic heterocycles. The Balaban J connectivity index is 2.47. The Bertz CT molecular complexity index is 271. The van der Waals surface area contributed by atoms with Gasteiger partial charge in [0.05, 0.1) is 5.02 Å². The van der Waals surface area contributed by atoms with Crippen LogP contribution in [0.25, 0.3) is 0 Å². The molecule has 0 aliphatic rings. The lowest BCUT2D eigenvalue weighted by Crippen LogP contribution is -2.26. The molecule has 0 aromatic carbocycles. The van der Waals surface area contributed by atoms with Crippen molar-refractivity contribution in [3.05, 3.63) is 23.4 Å². The number of rotatable bonds is 4. The smallest absolute Gasteiger partial charge is 0.126 e. The average molecular weight is 214 g/mol. The summed E-state index contributed by atoms with van der Waals surface area (Å²) in [4.78, 5) is 4.14. The predicted octanol–water partition coefficient (Wildman–Crippen LogP) is 2.27. The summed E-state index contributed by atoms with van der Waals surface area (Å²) in [7, 11) is 0. The van der Waals surface area contributed by atoms with Crippen molar-refractivity contribution in [1.82, 2.24) is 4.98 Å². The van der Waals surface area contributed by atoms with Crippen LogP contribution in [0, 0.1) is 0 Å². The van der Waals surface area contributed by atoms with E-state index in [9.17, 15) is 0 Å². The van der Waals surface area contributed by atoms with Gasteiger partial charge >= 0.3 is 0 Å². The maximum absolute atomic E-state index is 5.72. The van der Waals surface area contributed by atoms with Crippen LogP contribution in [0.4, 0.5) is 5.82 Å². The van der Waals surface area contributed by atoms with E-state index in [-0.39, 0.29) is 6.04 Å². The minimum absolute atomic E-state index is 0.199. The second kappa shape index (κ2) is 5.17. The number of anilines is 1. The van der Waals surface area contributed by atoms with Crippen molar-refractivity contribution in [2.24, 2.45) is 5.73 Å². The number of nitrogens with two attached hydrogens (primary N) is 1. The lowest BCUT2D eigenvalue weighted by Gasteiger charge is -2.16. The lowest BCUT2D eigenvalue weighted by atomic mass is 10.1. The largest absolute Gasteiger partial charge is 0.368 e. The highest BCUT2D eigenvalue weighted by Crippen LogP contribution is 2.11. The normalized spacial score (nSPS) is 14.9. The monoisotopic (exact) mass is 213 g/mol. The zero-order valence-corrected chi connectivity index (χ0v) is 9.25. The number of pyridine rings is 1. The predicted molar refractivity (Wildman–Crippen MR) is 60.6 cm³/mol. The third kappa shape index (κ3) is 3.94. The maximum atomic E-state index is 5.72. The third-order valence-electron chi connectivity index (χ3n) is 1.85. The third-order valence-corrected chi connectivity index (χ3v) is 2.07. The topological polar surface area (TPSA) is 50.9 Å². The first-order valence-electron chi connectivity index (χ1n) is 4.71. The average Bonchev–Trinajstić information content (AvgIpc) is 2.07. The second-order valence-electron chi connectivity index (χ2n) is 3.62. The molecule has 0 radical (unpaired) electrons. The Hall–Kier alpha value is -0.800. The molecule has 0 saturated carbocycles. The highest BCUT2D eigenvalue weighted by Gasteiger charge is 2.05. The van der Waals surface area contributed by atoms with E-state index in [2.05, 4.69) is 17.2 Å². The van der Waals surface area contributed by atoms with Gasteiger partial charge in [-0.15, -0.1) is 0 Å². The van der Waals surface area contributed by atoms with Gasteiger partial charge < -0.3 is 11.1 Å². The Morgan fingerprint density at radius 2 is 2.21 bits per heavy atom. The van der Waals surface area contributed by atoms with Gasteiger partial charge in [-0.25, -0.2) is 4.98 Å². The van der Waals surface area contributed by atoms with Gasteiger partial charge in [-0.05, 0) is 32.4 Å². The van der Waals surface area contributed by atoms with Crippen molar-refractivity contribution in [1.29, 1.82) is 0 Å². The van der Waals surface area contributed by atoms with Crippen LogP contribution in [0.1, 0.15) is 20.3 Å². The molecular formula is C10H16ClN3. The van der Waals surface area contributed by atoms with E-state index in [1.54, 1.807) is 6.20 Å². The van der Waals surface area contributed by atoms with Crippen molar-refractivity contribution in [2.45, 2.75) is 32.4 Å². The summed E-state index contributed by atoms with van der Waals surface area (Å²) in [6.45, 7) is 4.08. The molecule has 0 amide bonds. The van der Waals surface area contributed by atoms with Crippen LogP contribution in [0.2, 0.25) is 5.02 Å². The molecule has 0 aliphatic heterocycles. The Morgan fingerprint density at radius 3 is 2.71 bits per heavy atom. The van der Waals surface area contributed by atoms with Crippen LogP contribution in [0.15, 0.2) is 18.3 Å². The molecule has 3 nitrogen and oxygen atoms in total. The van der Waals surface area contributed by atoms with Gasteiger partial charge in [-0.2, -0.15) is 0 Å². The summed E-state index contributed by atoms with van der Waals surface area (Å²) >= 11 is 5.72. The molecule has 0 spiro atoms. The molecule has 2 atom stereocenters. The van der Waals surface area contributed by atoms with E-state index in [0.717, 1.165) is 12.2 Å². The number of hydrogen-bond acceptors (Lipinski definition) is 3. The van der Waals surface area contributed by atoms with E-state index in [1.165, 1.54) is 0 Å². The zero-order chi connectivity index (χ0) is 10.6. The molecule has 0 bridgehead atoms. The Labute approximate surface area is 89.7 Å². The van der Waals surface area contributed by atoms with Crippen molar-refractivity contribution in [3.8, 4) is 0 Å². The minimum atomic E-state index is 0.199. The first-order chi connectivity index (χ1) is 6.58. The molecule has 0 aliphatic carbocycles. The fourth-order valence-corrected chi connectivity index (χ4v) is 1.44. The fourth-order valence-electron chi connectivity index (χ4n) is 1.33. The van der Waals surface area contributed by atoms with Crippen molar-refractivity contribution >= 4 is 17.4 Å². The van der Waals surface area contributed by atoms with Crippen molar-refractivity contribution in [3.63, 3.8) is 0 Å². The lowest BCUT2D eigenvalue weighted by molar-refractivity contribution is 0.603. The van der Waals surface area contributed by atoms with Gasteiger partial charge in [0.2, 0.25) is 0 Å². The standard InChI is InChI=1S/C10H16ClN3/c1-7(12)5-8(2)14-10-4-3-9(11)6-13-10/h3-4,6-8H,5,12H2,1-2H3,(H,13,14). The zero-order valence-electron chi connectivity index (χ0n) is 8.50. The van der Waals surface area contributed by atoms with E-state index in [0.29, 0.717) is 11.1 Å². The highest BCUT2D eigenvalue weighted by atomic mass is 35.5. The molecule has 3 N–H and O–H groups in total. The van der Waals surface area contributed by atoms with Crippen LogP contribution >= 0.6 is 11.6 Å². The number of halogens is 1. The van der Waals surface area contributed by atoms with E-state index >= 15 is 0 Å². The molecule has 1 heterocycles. The van der Waals surface area contributed by atoms with E-state index in [4.69, 9.17) is 17.3 Å². The number of hydrogen-bond donors (Lipinski definition) is 2. The summed E-state index contributed by atoms with van der Waals surface area (Å²) in [5, 5.41) is 3.90. The first-order valence-corrected chi connectivity index (χ1v) is 5.09. The van der Waals surface area contributed by atoms with Crippen molar-refractivity contribution < 1.29 is 0 Å². The second-order valence-corrected chi connectivity index (χ2v) is 4.06. The van der Waals surface area contributed by atoms with Crippen LogP contribution in [0.5, 0.6) is 0 Å². The summed E-state index contributed by atoms with van der Waals surface area (Å²) in [6, 6.07) is 4.20. The van der Waals surface area contributed by atoms with Gasteiger partial charge in [-0.3, -0.25) is 0 Å². The minimum Gasteiger partial charge on any atom is -0.368 e. The Kier molecular flexibility index (Phi) is 4.17. The molecule has 14 heavy (non-hydrogen) atoms. The fraction of sp³-hybridized carbons (Fsp3) is 0.500.